The van der Waals surface area contributed by atoms with Gasteiger partial charge in [0.15, 0.2) is 0 Å². The molecule has 6 nitrogen and oxygen atoms in total. The number of halogens is 2. The van der Waals surface area contributed by atoms with Crippen molar-refractivity contribution < 1.29 is 17.2 Å². The molecule has 0 heterocycles. The summed E-state index contributed by atoms with van der Waals surface area (Å²) in [7, 11) is -4.41. The average Bonchev–Trinajstić information content (AvgIpc) is 2.08. The number of nitrogens with two attached hydrogens (primary N) is 3. The molecule has 0 unspecified atom stereocenters. The molecule has 0 amide bonds. The maximum absolute atomic E-state index is 13.2. The lowest BCUT2D eigenvalue weighted by Gasteiger charge is -2.03. The standard InChI is InChI=1S/C7H8F2N4O2S/c8-3-1-4(9)6(2-5(3)10)16(14,15)13-7(11)12/h1-2H,10H2,(H4,11,12,13). The molecule has 0 bridgehead atoms. The summed E-state index contributed by atoms with van der Waals surface area (Å²) >= 11 is 0. The highest BCUT2D eigenvalue weighted by Crippen LogP contribution is 2.22. The van der Waals surface area contributed by atoms with Crippen LogP contribution in [0.2, 0.25) is 0 Å². The van der Waals surface area contributed by atoms with Gasteiger partial charge in [-0.2, -0.15) is 8.42 Å². The Kier molecular flexibility index (Phi) is 2.99. The minimum Gasteiger partial charge on any atom is -0.396 e. The average molecular weight is 250 g/mol. The highest BCUT2D eigenvalue weighted by Gasteiger charge is 2.20. The molecule has 0 saturated carbocycles. The van der Waals surface area contributed by atoms with Crippen molar-refractivity contribution in [3.05, 3.63) is 23.8 Å². The molecule has 0 saturated heterocycles. The lowest BCUT2D eigenvalue weighted by Crippen LogP contribution is -2.24. The van der Waals surface area contributed by atoms with Gasteiger partial charge in [-0.3, -0.25) is 0 Å². The van der Waals surface area contributed by atoms with E-state index >= 15 is 0 Å². The van der Waals surface area contributed by atoms with Crippen molar-refractivity contribution in [2.24, 2.45) is 15.9 Å². The Morgan fingerprint density at radius 2 is 1.75 bits per heavy atom. The van der Waals surface area contributed by atoms with Gasteiger partial charge >= 0.3 is 0 Å². The van der Waals surface area contributed by atoms with Gasteiger partial charge in [0.25, 0.3) is 10.0 Å². The van der Waals surface area contributed by atoms with Crippen LogP contribution in [0.5, 0.6) is 0 Å². The number of benzene rings is 1. The van der Waals surface area contributed by atoms with E-state index in [1.165, 1.54) is 0 Å². The van der Waals surface area contributed by atoms with E-state index in [-0.39, 0.29) is 0 Å². The number of anilines is 1. The van der Waals surface area contributed by atoms with E-state index in [0.29, 0.717) is 12.1 Å². The number of sulfonamides is 1. The summed E-state index contributed by atoms with van der Waals surface area (Å²) in [5, 5.41) is 0. The van der Waals surface area contributed by atoms with Crippen molar-refractivity contribution >= 4 is 21.7 Å². The van der Waals surface area contributed by atoms with Crippen LogP contribution in [0.25, 0.3) is 0 Å². The summed E-state index contributed by atoms with van der Waals surface area (Å²) < 4.78 is 51.5. The molecule has 88 valence electrons. The predicted octanol–water partition coefficient (Wildman–Crippen LogP) is -0.491. The fourth-order valence-corrected chi connectivity index (χ4v) is 1.89. The van der Waals surface area contributed by atoms with Gasteiger partial charge in [-0.15, -0.1) is 4.40 Å². The monoisotopic (exact) mass is 250 g/mol. The fourth-order valence-electron chi connectivity index (χ4n) is 0.930. The largest absolute Gasteiger partial charge is 0.396 e. The van der Waals surface area contributed by atoms with Gasteiger partial charge in [0.1, 0.15) is 16.5 Å². The second kappa shape index (κ2) is 3.93. The molecule has 1 aromatic rings. The molecule has 0 aromatic heterocycles. The van der Waals surface area contributed by atoms with Crippen LogP contribution in [0.15, 0.2) is 21.4 Å². The highest BCUT2D eigenvalue weighted by atomic mass is 32.2. The van der Waals surface area contributed by atoms with Crippen LogP contribution in [-0.4, -0.2) is 14.4 Å². The zero-order valence-corrected chi connectivity index (χ0v) is 8.63. The number of rotatable bonds is 2. The number of hydrogen-bond donors (Lipinski definition) is 3. The molecule has 0 fully saturated rings. The molecule has 0 radical (unpaired) electrons. The molecule has 16 heavy (non-hydrogen) atoms. The first-order valence-corrected chi connectivity index (χ1v) is 5.28. The smallest absolute Gasteiger partial charge is 0.288 e. The number of hydrogen-bond acceptors (Lipinski definition) is 3. The molecule has 0 aliphatic rings. The summed E-state index contributed by atoms with van der Waals surface area (Å²) in [6, 6.07) is 0.941. The first-order chi connectivity index (χ1) is 7.24. The molecule has 1 aromatic carbocycles. The zero-order valence-electron chi connectivity index (χ0n) is 7.81. The molecular weight excluding hydrogens is 242 g/mol. The molecule has 6 N–H and O–H groups in total. The summed E-state index contributed by atoms with van der Waals surface area (Å²) in [4.78, 5) is -0.889. The first kappa shape index (κ1) is 12.2. The van der Waals surface area contributed by atoms with Gasteiger partial charge in [0.05, 0.1) is 5.69 Å². The quantitative estimate of drug-likeness (QED) is 0.371. The zero-order chi connectivity index (χ0) is 12.5. The van der Waals surface area contributed by atoms with Crippen molar-refractivity contribution in [3.63, 3.8) is 0 Å². The molecular formula is C7H8F2N4O2S. The van der Waals surface area contributed by atoms with E-state index in [1.54, 1.807) is 0 Å². The van der Waals surface area contributed by atoms with Crippen LogP contribution in [0.3, 0.4) is 0 Å². The Bertz CT molecular complexity index is 552. The van der Waals surface area contributed by atoms with E-state index in [9.17, 15) is 17.2 Å². The van der Waals surface area contributed by atoms with Crippen molar-refractivity contribution in [1.29, 1.82) is 0 Å². The number of nitrogens with zero attached hydrogens (tertiary/aromatic N) is 1. The van der Waals surface area contributed by atoms with Crippen LogP contribution in [0.1, 0.15) is 0 Å². The molecule has 0 aliphatic carbocycles. The Labute approximate surface area is 89.8 Å². The Morgan fingerprint density at radius 3 is 2.25 bits per heavy atom. The number of guanidine groups is 1. The van der Waals surface area contributed by atoms with Crippen LogP contribution < -0.4 is 17.2 Å². The summed E-state index contributed by atoms with van der Waals surface area (Å²) in [5.74, 6) is -3.15. The molecule has 0 aliphatic heterocycles. The summed E-state index contributed by atoms with van der Waals surface area (Å²) in [5.41, 5.74) is 14.3. The molecule has 0 spiro atoms. The van der Waals surface area contributed by atoms with Crippen LogP contribution >= 0.6 is 0 Å². The lowest BCUT2D eigenvalue weighted by atomic mass is 10.3. The van der Waals surface area contributed by atoms with Crippen molar-refractivity contribution in [2.45, 2.75) is 4.90 Å². The maximum atomic E-state index is 13.2. The maximum Gasteiger partial charge on any atom is 0.288 e. The first-order valence-electron chi connectivity index (χ1n) is 3.84. The Balaban J connectivity index is 3.46. The van der Waals surface area contributed by atoms with Gasteiger partial charge in [0, 0.05) is 6.07 Å². The van der Waals surface area contributed by atoms with Gasteiger partial charge in [-0.25, -0.2) is 8.78 Å². The van der Waals surface area contributed by atoms with Crippen LogP contribution in [0.4, 0.5) is 14.5 Å². The van der Waals surface area contributed by atoms with E-state index in [2.05, 4.69) is 4.40 Å². The third-order valence-corrected chi connectivity index (χ3v) is 2.87. The molecule has 0 atom stereocenters. The van der Waals surface area contributed by atoms with Crippen molar-refractivity contribution in [3.8, 4) is 0 Å². The van der Waals surface area contributed by atoms with Crippen molar-refractivity contribution in [1.82, 2.24) is 0 Å². The lowest BCUT2D eigenvalue weighted by molar-refractivity contribution is 0.551. The summed E-state index contributed by atoms with van der Waals surface area (Å²) in [6.07, 6.45) is 0. The van der Waals surface area contributed by atoms with Gasteiger partial charge in [0.2, 0.25) is 5.96 Å². The van der Waals surface area contributed by atoms with E-state index in [0.717, 1.165) is 0 Å². The van der Waals surface area contributed by atoms with Crippen LogP contribution in [-0.2, 0) is 10.0 Å². The van der Waals surface area contributed by atoms with Gasteiger partial charge in [-0.1, -0.05) is 0 Å². The van der Waals surface area contributed by atoms with E-state index < -0.39 is 38.2 Å². The highest BCUT2D eigenvalue weighted by molar-refractivity contribution is 7.90. The van der Waals surface area contributed by atoms with Crippen molar-refractivity contribution in [2.75, 3.05) is 5.73 Å². The second-order valence-corrected chi connectivity index (χ2v) is 4.37. The fraction of sp³-hybridized carbons (Fsp3) is 0. The Morgan fingerprint density at radius 1 is 1.19 bits per heavy atom. The summed E-state index contributed by atoms with van der Waals surface area (Å²) in [6.45, 7) is 0. The molecule has 9 heteroatoms. The number of nitrogen functional groups attached to an aromatic ring is 1. The second-order valence-electron chi connectivity index (χ2n) is 2.80. The Hall–Kier alpha value is -1.90. The normalized spacial score (nSPS) is 11.1. The van der Waals surface area contributed by atoms with Gasteiger partial charge in [-0.05, 0) is 6.07 Å². The predicted molar refractivity (Wildman–Crippen MR) is 53.8 cm³/mol. The van der Waals surface area contributed by atoms with Crippen LogP contribution in [0, 0.1) is 11.6 Å². The third-order valence-electron chi connectivity index (χ3n) is 1.55. The topological polar surface area (TPSA) is 125 Å². The van der Waals surface area contributed by atoms with E-state index in [4.69, 9.17) is 17.2 Å². The SMILES string of the molecule is NC(N)=NS(=O)(=O)c1cc(N)c(F)cc1F. The van der Waals surface area contributed by atoms with Gasteiger partial charge < -0.3 is 17.2 Å². The third kappa shape index (κ3) is 2.37. The molecule has 1 rings (SSSR count). The van der Waals surface area contributed by atoms with E-state index in [1.807, 2.05) is 0 Å². The minimum atomic E-state index is -4.41. The minimum absolute atomic E-state index is 0.338.